The fourth-order valence-electron chi connectivity index (χ4n) is 8.43. The minimum Gasteiger partial charge on any atom is -0.488 e. The summed E-state index contributed by atoms with van der Waals surface area (Å²) in [7, 11) is 0. The molecule has 11 heteroatoms. The van der Waals surface area contributed by atoms with Gasteiger partial charge in [0.1, 0.15) is 24.0 Å². The van der Waals surface area contributed by atoms with Crippen molar-refractivity contribution in [1.82, 2.24) is 29.7 Å². The van der Waals surface area contributed by atoms with E-state index in [0.29, 0.717) is 50.9 Å². The lowest BCUT2D eigenvalue weighted by atomic mass is 9.92. The molecule has 0 unspecified atom stereocenters. The molecule has 5 aromatic rings. The van der Waals surface area contributed by atoms with Crippen LogP contribution >= 0.6 is 0 Å². The molecule has 0 radical (unpaired) electrons. The third-order valence-electron chi connectivity index (χ3n) is 11.9. The van der Waals surface area contributed by atoms with E-state index in [9.17, 15) is 9.59 Å². The van der Waals surface area contributed by atoms with Crippen molar-refractivity contribution in [3.63, 3.8) is 0 Å². The maximum atomic E-state index is 13.4. The van der Waals surface area contributed by atoms with Crippen LogP contribution in [0.4, 0.5) is 0 Å². The van der Waals surface area contributed by atoms with E-state index in [-0.39, 0.29) is 17.9 Å². The van der Waals surface area contributed by atoms with Gasteiger partial charge in [-0.05, 0) is 104 Å². The van der Waals surface area contributed by atoms with Gasteiger partial charge < -0.3 is 34.0 Å². The maximum Gasteiger partial charge on any atom is 0.223 e. The van der Waals surface area contributed by atoms with Gasteiger partial charge in [0, 0.05) is 62.8 Å². The highest BCUT2D eigenvalue weighted by molar-refractivity contribution is 6.07. The summed E-state index contributed by atoms with van der Waals surface area (Å²) in [5.74, 6) is 3.58. The Morgan fingerprint density at radius 1 is 0.855 bits per heavy atom. The number of ether oxygens (including phenoxy) is 3. The first-order valence-corrected chi connectivity index (χ1v) is 20.3. The summed E-state index contributed by atoms with van der Waals surface area (Å²) in [4.78, 5) is 47.5. The Bertz CT molecular complexity index is 2150. The molecule has 5 heterocycles. The number of aromatic nitrogens is 4. The highest BCUT2D eigenvalue weighted by Gasteiger charge is 2.27. The lowest BCUT2D eigenvalue weighted by Gasteiger charge is -2.30. The fraction of sp³-hybridized carbons (Fsp3) is 0.500. The Morgan fingerprint density at radius 3 is 2.33 bits per heavy atom. The van der Waals surface area contributed by atoms with Crippen molar-refractivity contribution in [3.8, 4) is 28.1 Å². The summed E-state index contributed by atoms with van der Waals surface area (Å²) in [6.07, 6.45) is 8.58. The summed E-state index contributed by atoms with van der Waals surface area (Å²) in [5, 5.41) is 2.11. The van der Waals surface area contributed by atoms with E-state index < -0.39 is 0 Å². The molecule has 8 rings (SSSR count). The second-order valence-electron chi connectivity index (χ2n) is 15.7. The molecule has 0 bridgehead atoms. The Balaban J connectivity index is 0.990. The number of H-pyrrole nitrogens is 2. The summed E-state index contributed by atoms with van der Waals surface area (Å²) in [5.41, 5.74) is 7.10. The number of nitrogens with one attached hydrogen (secondary N) is 2. The molecule has 1 atom stereocenters. The molecule has 3 aliphatic rings. The first-order chi connectivity index (χ1) is 26.9. The number of benzene rings is 3. The highest BCUT2D eigenvalue weighted by atomic mass is 16.5. The molecule has 3 aliphatic heterocycles. The summed E-state index contributed by atoms with van der Waals surface area (Å²) < 4.78 is 17.4. The summed E-state index contributed by atoms with van der Waals surface area (Å²) in [6, 6.07) is 15.1. The van der Waals surface area contributed by atoms with Gasteiger partial charge in [0.2, 0.25) is 11.8 Å². The van der Waals surface area contributed by atoms with Gasteiger partial charge in [0.05, 0.1) is 36.0 Å². The predicted octanol–water partition coefficient (Wildman–Crippen LogP) is 8.16. The first kappa shape index (κ1) is 37.2. The molecular formula is C44H54N6O5. The molecule has 0 saturated carbocycles. The summed E-state index contributed by atoms with van der Waals surface area (Å²) in [6.45, 7) is 11.4. The number of carbonyl (C=O) groups excluding carboxylic acids is 2. The van der Waals surface area contributed by atoms with E-state index in [1.165, 1.54) is 0 Å². The molecule has 2 amide bonds. The van der Waals surface area contributed by atoms with Gasteiger partial charge in [0.25, 0.3) is 0 Å². The molecule has 0 aliphatic carbocycles. The number of fused-ring (bicyclic) bond motifs is 6. The average Bonchev–Trinajstić information content (AvgIpc) is 3.86. The van der Waals surface area contributed by atoms with Gasteiger partial charge in [-0.2, -0.15) is 0 Å². The number of imidazole rings is 2. The number of hydrogen-bond acceptors (Lipinski definition) is 7. The zero-order chi connectivity index (χ0) is 37.9. The second kappa shape index (κ2) is 16.5. The smallest absolute Gasteiger partial charge is 0.223 e. The van der Waals surface area contributed by atoms with Crippen molar-refractivity contribution in [1.29, 1.82) is 0 Å². The van der Waals surface area contributed by atoms with Crippen LogP contribution in [-0.4, -0.2) is 80.6 Å². The van der Waals surface area contributed by atoms with Crippen molar-refractivity contribution >= 4 is 33.6 Å². The van der Waals surface area contributed by atoms with E-state index in [4.69, 9.17) is 24.2 Å². The van der Waals surface area contributed by atoms with Crippen LogP contribution in [0.3, 0.4) is 0 Å². The zero-order valence-corrected chi connectivity index (χ0v) is 32.5. The third kappa shape index (κ3) is 8.14. The Hall–Kier alpha value is -4.74. The number of carbonyl (C=O) groups is 2. The monoisotopic (exact) mass is 746 g/mol. The van der Waals surface area contributed by atoms with Crippen LogP contribution in [0.1, 0.15) is 89.4 Å². The quantitative estimate of drug-likeness (QED) is 0.125. The van der Waals surface area contributed by atoms with Gasteiger partial charge in [-0.1, -0.05) is 32.0 Å². The first-order valence-electron chi connectivity index (χ1n) is 20.3. The van der Waals surface area contributed by atoms with E-state index in [1.54, 1.807) is 0 Å². The van der Waals surface area contributed by atoms with Crippen LogP contribution in [0.2, 0.25) is 0 Å². The zero-order valence-electron chi connectivity index (χ0n) is 32.5. The molecule has 2 aromatic heterocycles. The largest absolute Gasteiger partial charge is 0.488 e. The fourth-order valence-corrected chi connectivity index (χ4v) is 8.43. The standard InChI is InChI=1S/C44H54N6O5/c1-4-14-49(42(51)19-29-10-15-53-16-11-29)25-41-46-37-9-7-31-22-36-34-8-6-32(21-33(34)27-55-39(36)23-35(31)44(37)48-41)38-24-45-40(47-38)26-50(28(3)5-2)43(52)20-30-12-17-54-18-13-30/h6-9,21-24,28-30H,4-5,10-20,25-27H2,1-3H3,(H,45,47)(H,46,48)/t28-/m0/s1. The van der Waals surface area contributed by atoms with Gasteiger partial charge in [-0.15, -0.1) is 0 Å². The molecule has 55 heavy (non-hydrogen) atoms. The van der Waals surface area contributed by atoms with Gasteiger partial charge in [0.15, 0.2) is 0 Å². The van der Waals surface area contributed by atoms with Gasteiger partial charge >= 0.3 is 0 Å². The lowest BCUT2D eigenvalue weighted by Crippen LogP contribution is -2.39. The number of nitrogens with zero attached hydrogens (tertiary/aromatic N) is 4. The van der Waals surface area contributed by atoms with Gasteiger partial charge in [-0.25, -0.2) is 9.97 Å². The van der Waals surface area contributed by atoms with Crippen LogP contribution in [0, 0.1) is 11.8 Å². The molecule has 2 N–H and O–H groups in total. The second-order valence-corrected chi connectivity index (χ2v) is 15.7. The van der Waals surface area contributed by atoms with E-state index >= 15 is 0 Å². The summed E-state index contributed by atoms with van der Waals surface area (Å²) >= 11 is 0. The highest BCUT2D eigenvalue weighted by Crippen LogP contribution is 2.42. The molecule has 290 valence electrons. The van der Waals surface area contributed by atoms with Crippen LogP contribution in [0.25, 0.3) is 44.2 Å². The minimum absolute atomic E-state index is 0.128. The van der Waals surface area contributed by atoms with Crippen LogP contribution in [0.5, 0.6) is 5.75 Å². The number of aromatic amines is 2. The number of rotatable bonds is 13. The van der Waals surface area contributed by atoms with Crippen LogP contribution in [-0.2, 0) is 38.8 Å². The van der Waals surface area contributed by atoms with E-state index in [0.717, 1.165) is 132 Å². The van der Waals surface area contributed by atoms with Crippen molar-refractivity contribution < 1.29 is 23.8 Å². The molecular weight excluding hydrogens is 693 g/mol. The van der Waals surface area contributed by atoms with Gasteiger partial charge in [-0.3, -0.25) is 9.59 Å². The average molecular weight is 747 g/mol. The van der Waals surface area contributed by atoms with E-state index in [1.807, 2.05) is 16.0 Å². The molecule has 3 aromatic carbocycles. The lowest BCUT2D eigenvalue weighted by molar-refractivity contribution is -0.136. The Labute approximate surface area is 323 Å². The maximum absolute atomic E-state index is 13.4. The van der Waals surface area contributed by atoms with Crippen molar-refractivity contribution in [2.45, 2.75) is 97.9 Å². The van der Waals surface area contributed by atoms with Crippen molar-refractivity contribution in [2.24, 2.45) is 11.8 Å². The predicted molar refractivity (Wildman–Crippen MR) is 213 cm³/mol. The number of amides is 2. The normalized spacial score (nSPS) is 16.8. The van der Waals surface area contributed by atoms with E-state index in [2.05, 4.69) is 73.2 Å². The molecule has 2 fully saturated rings. The Kier molecular flexibility index (Phi) is 11.2. The minimum atomic E-state index is 0.128. The molecule has 0 spiro atoms. The van der Waals surface area contributed by atoms with Crippen LogP contribution < -0.4 is 4.74 Å². The SMILES string of the molecule is CCCN(Cc1nc2c(ccc3cc4c(cc32)OCc2cc(-c3cnc(CN(C(=O)CC5CCOCC5)[C@@H](C)CC)[nH]3)ccc2-4)[nH]1)C(=O)CC1CCOCC1. The van der Waals surface area contributed by atoms with Crippen molar-refractivity contribution in [3.05, 3.63) is 65.9 Å². The molecule has 11 nitrogen and oxygen atoms in total. The third-order valence-corrected chi connectivity index (χ3v) is 11.9. The topological polar surface area (TPSA) is 126 Å². The molecule has 2 saturated heterocycles. The van der Waals surface area contributed by atoms with Crippen LogP contribution in [0.15, 0.2) is 48.7 Å². The Morgan fingerprint density at radius 2 is 1.60 bits per heavy atom. The van der Waals surface area contributed by atoms with Crippen molar-refractivity contribution in [2.75, 3.05) is 33.0 Å². The number of hydrogen-bond donors (Lipinski definition) is 2.